The van der Waals surface area contributed by atoms with Gasteiger partial charge in [0.15, 0.2) is 5.65 Å². The van der Waals surface area contributed by atoms with E-state index in [1.54, 1.807) is 27.6 Å². The molecule has 2 aromatic heterocycles. The predicted octanol–water partition coefficient (Wildman–Crippen LogP) is 4.19. The standard InChI is InChI=1S/C30H41N7O5S/c1-19-10-11-23(34-43(6,40)41)22(15-19)28(38)36-13-8-7-9-25(36)24-16-26-32-27(20(2)17-37(26)33-24)35-14-12-21(18-35)31-29(39)42-30(3,4)5/h10-11,15-17,21,25,34H,7-9,12-14,18H2,1-6H3,(H,31,39)/t21-,25-/m0/s1. The number of carbonyl (C=O) groups excluding carboxylic acids is 2. The van der Waals surface area contributed by atoms with Gasteiger partial charge in [-0.2, -0.15) is 5.10 Å². The number of carbonyl (C=O) groups is 2. The van der Waals surface area contributed by atoms with Crippen LogP contribution in [0.2, 0.25) is 0 Å². The van der Waals surface area contributed by atoms with Crippen LogP contribution in [0.1, 0.15) is 79.7 Å². The summed E-state index contributed by atoms with van der Waals surface area (Å²) >= 11 is 0. The third-order valence-corrected chi connectivity index (χ3v) is 8.23. The lowest BCUT2D eigenvalue weighted by Gasteiger charge is -2.35. The first-order chi connectivity index (χ1) is 20.2. The molecule has 12 nitrogen and oxygen atoms in total. The second-order valence-electron chi connectivity index (χ2n) is 12.6. The largest absolute Gasteiger partial charge is 0.444 e. The van der Waals surface area contributed by atoms with E-state index in [1.807, 2.05) is 46.9 Å². The van der Waals surface area contributed by atoms with Crippen LogP contribution in [0.25, 0.3) is 5.65 Å². The minimum Gasteiger partial charge on any atom is -0.444 e. The molecule has 2 N–H and O–H groups in total. The number of sulfonamides is 1. The Balaban J connectivity index is 1.38. The molecule has 0 saturated carbocycles. The molecule has 0 spiro atoms. The summed E-state index contributed by atoms with van der Waals surface area (Å²) in [5.41, 5.74) is 3.26. The van der Waals surface area contributed by atoms with E-state index in [0.717, 1.165) is 61.1 Å². The Hall–Kier alpha value is -3.87. The van der Waals surface area contributed by atoms with Gasteiger partial charge < -0.3 is 19.9 Å². The fourth-order valence-corrected chi connectivity index (χ4v) is 6.38. The molecule has 232 valence electrons. The van der Waals surface area contributed by atoms with Crippen molar-refractivity contribution >= 4 is 39.2 Å². The van der Waals surface area contributed by atoms with Crippen molar-refractivity contribution in [1.29, 1.82) is 0 Å². The Labute approximate surface area is 252 Å². The molecule has 0 radical (unpaired) electrons. The zero-order valence-electron chi connectivity index (χ0n) is 25.7. The van der Waals surface area contributed by atoms with Crippen molar-refractivity contribution in [1.82, 2.24) is 24.8 Å². The molecule has 2 saturated heterocycles. The molecule has 2 aliphatic heterocycles. The Kier molecular flexibility index (Phi) is 8.30. The maximum atomic E-state index is 13.9. The highest BCUT2D eigenvalue weighted by Crippen LogP contribution is 2.34. The Morgan fingerprint density at radius 2 is 1.84 bits per heavy atom. The Bertz CT molecular complexity index is 1650. The van der Waals surface area contributed by atoms with Gasteiger partial charge >= 0.3 is 6.09 Å². The summed E-state index contributed by atoms with van der Waals surface area (Å²) in [6.45, 7) is 11.3. The number of ether oxygens (including phenoxy) is 1. The number of benzene rings is 1. The van der Waals surface area contributed by atoms with Crippen molar-refractivity contribution < 1.29 is 22.7 Å². The molecular weight excluding hydrogens is 570 g/mol. The zero-order chi connectivity index (χ0) is 31.1. The van der Waals surface area contributed by atoms with Crippen LogP contribution in [0.5, 0.6) is 0 Å². The van der Waals surface area contributed by atoms with Gasteiger partial charge in [-0.3, -0.25) is 9.52 Å². The minimum absolute atomic E-state index is 0.0433. The van der Waals surface area contributed by atoms with E-state index in [-0.39, 0.29) is 23.7 Å². The molecule has 43 heavy (non-hydrogen) atoms. The molecule has 5 rings (SSSR count). The summed E-state index contributed by atoms with van der Waals surface area (Å²) in [6.07, 6.45) is 5.92. The van der Waals surface area contributed by atoms with Crippen molar-refractivity contribution in [2.45, 2.75) is 78.0 Å². The molecule has 3 aromatic rings. The average molecular weight is 612 g/mol. The van der Waals surface area contributed by atoms with Crippen molar-refractivity contribution in [3.05, 3.63) is 52.8 Å². The fourth-order valence-electron chi connectivity index (χ4n) is 5.81. The molecule has 2 atom stereocenters. The van der Waals surface area contributed by atoms with Crippen LogP contribution in [0, 0.1) is 13.8 Å². The Morgan fingerprint density at radius 1 is 1.07 bits per heavy atom. The maximum Gasteiger partial charge on any atom is 0.407 e. The second-order valence-corrected chi connectivity index (χ2v) is 14.4. The molecule has 1 aromatic carbocycles. The van der Waals surface area contributed by atoms with E-state index >= 15 is 0 Å². The predicted molar refractivity (Wildman–Crippen MR) is 165 cm³/mol. The lowest BCUT2D eigenvalue weighted by molar-refractivity contribution is 0.0508. The molecular formula is C30H41N7O5S. The highest BCUT2D eigenvalue weighted by atomic mass is 32.2. The minimum atomic E-state index is -3.57. The summed E-state index contributed by atoms with van der Waals surface area (Å²) in [4.78, 5) is 35.1. The van der Waals surface area contributed by atoms with Gasteiger partial charge in [0.05, 0.1) is 35.3 Å². The van der Waals surface area contributed by atoms with Crippen molar-refractivity contribution in [2.24, 2.45) is 0 Å². The summed E-state index contributed by atoms with van der Waals surface area (Å²) in [6, 6.07) is 6.75. The number of rotatable bonds is 6. The number of likely N-dealkylation sites (tertiary alicyclic amines) is 1. The van der Waals surface area contributed by atoms with E-state index in [4.69, 9.17) is 14.8 Å². The summed E-state index contributed by atoms with van der Waals surface area (Å²) in [5, 5.41) is 7.80. The van der Waals surface area contributed by atoms with Gasteiger partial charge in [0.2, 0.25) is 10.0 Å². The SMILES string of the molecule is Cc1ccc(NS(C)(=O)=O)c(C(=O)N2CCCC[C@H]2c2cc3nc(N4CC[C@H](NC(=O)OC(C)(C)C)C4)c(C)cn3n2)c1. The van der Waals surface area contributed by atoms with Crippen LogP contribution >= 0.6 is 0 Å². The molecule has 13 heteroatoms. The van der Waals surface area contributed by atoms with Crippen LogP contribution in [0.4, 0.5) is 16.3 Å². The van der Waals surface area contributed by atoms with Crippen LogP contribution in [0.3, 0.4) is 0 Å². The van der Waals surface area contributed by atoms with Crippen molar-refractivity contribution in [2.75, 3.05) is 35.5 Å². The number of piperidine rings is 1. The van der Waals surface area contributed by atoms with E-state index in [2.05, 4.69) is 14.9 Å². The van der Waals surface area contributed by atoms with Gasteiger partial charge in [0.1, 0.15) is 11.4 Å². The molecule has 0 aliphatic carbocycles. The number of aryl methyl sites for hydroxylation is 2. The van der Waals surface area contributed by atoms with Crippen LogP contribution in [-0.2, 0) is 14.8 Å². The molecule has 2 aliphatic rings. The molecule has 0 bridgehead atoms. The quantitative estimate of drug-likeness (QED) is 0.423. The van der Waals surface area contributed by atoms with E-state index in [1.165, 1.54) is 0 Å². The lowest BCUT2D eigenvalue weighted by Crippen LogP contribution is -2.40. The normalized spacial score (nSPS) is 19.5. The van der Waals surface area contributed by atoms with E-state index < -0.39 is 21.7 Å². The fraction of sp³-hybridized carbons (Fsp3) is 0.533. The van der Waals surface area contributed by atoms with Crippen LogP contribution in [-0.4, -0.2) is 77.4 Å². The van der Waals surface area contributed by atoms with Gasteiger partial charge in [-0.25, -0.2) is 22.7 Å². The number of anilines is 2. The van der Waals surface area contributed by atoms with Crippen LogP contribution in [0.15, 0.2) is 30.5 Å². The second kappa shape index (κ2) is 11.7. The van der Waals surface area contributed by atoms with Crippen molar-refractivity contribution in [3.8, 4) is 0 Å². The molecule has 2 fully saturated rings. The number of hydrogen-bond acceptors (Lipinski definition) is 8. The first-order valence-electron chi connectivity index (χ1n) is 14.7. The van der Waals surface area contributed by atoms with E-state index in [0.29, 0.717) is 24.3 Å². The van der Waals surface area contributed by atoms with Gasteiger partial charge in [-0.1, -0.05) is 11.6 Å². The summed E-state index contributed by atoms with van der Waals surface area (Å²) < 4.78 is 33.7. The number of nitrogens with one attached hydrogen (secondary N) is 2. The Morgan fingerprint density at radius 3 is 2.56 bits per heavy atom. The third-order valence-electron chi connectivity index (χ3n) is 7.64. The summed E-state index contributed by atoms with van der Waals surface area (Å²) in [7, 11) is -3.57. The number of fused-ring (bicyclic) bond motifs is 1. The molecule has 2 amide bonds. The topological polar surface area (TPSA) is 138 Å². The summed E-state index contributed by atoms with van der Waals surface area (Å²) in [5.74, 6) is 0.599. The third kappa shape index (κ3) is 7.20. The highest BCUT2D eigenvalue weighted by molar-refractivity contribution is 7.92. The van der Waals surface area contributed by atoms with Gasteiger partial charge in [-0.05, 0) is 72.4 Å². The average Bonchev–Trinajstić information content (AvgIpc) is 3.53. The highest BCUT2D eigenvalue weighted by Gasteiger charge is 2.33. The molecule has 0 unspecified atom stereocenters. The van der Waals surface area contributed by atoms with Gasteiger partial charge in [0, 0.05) is 37.5 Å². The first kappa shape index (κ1) is 30.6. The maximum absolute atomic E-state index is 13.9. The zero-order valence-corrected chi connectivity index (χ0v) is 26.5. The number of hydrogen-bond donors (Lipinski definition) is 2. The van der Waals surface area contributed by atoms with Gasteiger partial charge in [0.25, 0.3) is 5.91 Å². The van der Waals surface area contributed by atoms with Crippen LogP contribution < -0.4 is 14.9 Å². The monoisotopic (exact) mass is 611 g/mol. The smallest absolute Gasteiger partial charge is 0.407 e. The number of nitrogens with zero attached hydrogens (tertiary/aromatic N) is 5. The van der Waals surface area contributed by atoms with Gasteiger partial charge in [-0.15, -0.1) is 0 Å². The number of alkyl carbamates (subject to hydrolysis) is 1. The van der Waals surface area contributed by atoms with Crippen molar-refractivity contribution in [3.63, 3.8) is 0 Å². The number of aromatic nitrogens is 3. The first-order valence-corrected chi connectivity index (χ1v) is 16.6. The molecule has 4 heterocycles. The van der Waals surface area contributed by atoms with E-state index in [9.17, 15) is 18.0 Å². The number of amides is 2. The lowest BCUT2D eigenvalue weighted by atomic mass is 9.97.